The maximum Gasteiger partial charge on any atom is 0.255 e. The molecule has 0 aromatic heterocycles. The fourth-order valence-corrected chi connectivity index (χ4v) is 5.47. The monoisotopic (exact) mass is 493 g/mol. The van der Waals surface area contributed by atoms with Crippen LogP contribution < -0.4 is 10.1 Å². The molecule has 0 saturated carbocycles. The molecule has 3 aromatic carbocycles. The van der Waals surface area contributed by atoms with Crippen LogP contribution in [-0.2, 0) is 16.6 Å². The lowest BCUT2D eigenvalue weighted by Gasteiger charge is -2.34. The van der Waals surface area contributed by atoms with Gasteiger partial charge in [0.15, 0.2) is 0 Å². The molecule has 1 saturated heterocycles. The summed E-state index contributed by atoms with van der Waals surface area (Å²) < 4.78 is 33.0. The van der Waals surface area contributed by atoms with E-state index in [4.69, 9.17) is 4.74 Å². The zero-order valence-electron chi connectivity index (χ0n) is 20.1. The van der Waals surface area contributed by atoms with Crippen LogP contribution in [0.25, 0.3) is 0 Å². The van der Waals surface area contributed by atoms with Crippen LogP contribution in [0.4, 0.5) is 5.69 Å². The molecule has 0 atom stereocenters. The van der Waals surface area contributed by atoms with Crippen LogP contribution in [0.1, 0.15) is 28.4 Å². The Hall–Kier alpha value is -3.20. The van der Waals surface area contributed by atoms with Crippen molar-refractivity contribution in [3.63, 3.8) is 0 Å². The van der Waals surface area contributed by atoms with E-state index in [0.29, 0.717) is 61.2 Å². The molecule has 8 heteroatoms. The maximum atomic E-state index is 12.9. The minimum atomic E-state index is -3.47. The molecular weight excluding hydrogens is 462 g/mol. The van der Waals surface area contributed by atoms with Gasteiger partial charge in [-0.1, -0.05) is 42.0 Å². The second-order valence-electron chi connectivity index (χ2n) is 8.57. The minimum Gasteiger partial charge on any atom is -0.492 e. The van der Waals surface area contributed by atoms with E-state index in [9.17, 15) is 13.2 Å². The predicted octanol–water partition coefficient (Wildman–Crippen LogP) is 4.15. The van der Waals surface area contributed by atoms with E-state index in [1.54, 1.807) is 16.4 Å². The van der Waals surface area contributed by atoms with Crippen molar-refractivity contribution >= 4 is 21.6 Å². The Morgan fingerprint density at radius 2 is 1.57 bits per heavy atom. The molecule has 1 heterocycles. The number of sulfonamides is 1. The Morgan fingerprint density at radius 1 is 0.914 bits per heavy atom. The average molecular weight is 494 g/mol. The lowest BCUT2D eigenvalue weighted by Crippen LogP contribution is -2.48. The SMILES string of the molecule is CCOc1ccccc1NC(=O)c1ccc(CN2CCN(S(=O)(=O)c3ccc(C)cc3)CC2)cc1. The van der Waals surface area contributed by atoms with Gasteiger partial charge < -0.3 is 10.1 Å². The van der Waals surface area contributed by atoms with E-state index in [1.807, 2.05) is 74.5 Å². The highest BCUT2D eigenvalue weighted by Crippen LogP contribution is 2.24. The van der Waals surface area contributed by atoms with Gasteiger partial charge in [-0.3, -0.25) is 9.69 Å². The summed E-state index contributed by atoms with van der Waals surface area (Å²) in [7, 11) is -3.47. The van der Waals surface area contributed by atoms with Gasteiger partial charge in [0, 0.05) is 38.3 Å². The van der Waals surface area contributed by atoms with Crippen LogP contribution in [-0.4, -0.2) is 56.3 Å². The summed E-state index contributed by atoms with van der Waals surface area (Å²) in [5, 5.41) is 2.91. The molecule has 35 heavy (non-hydrogen) atoms. The first kappa shape index (κ1) is 24.9. The third kappa shape index (κ3) is 6.08. The Balaban J connectivity index is 1.32. The molecule has 0 radical (unpaired) electrons. The van der Waals surface area contributed by atoms with Gasteiger partial charge in [-0.15, -0.1) is 0 Å². The fourth-order valence-electron chi connectivity index (χ4n) is 4.05. The lowest BCUT2D eigenvalue weighted by molar-refractivity contribution is 0.102. The highest BCUT2D eigenvalue weighted by molar-refractivity contribution is 7.89. The highest BCUT2D eigenvalue weighted by Gasteiger charge is 2.28. The number of piperazine rings is 1. The van der Waals surface area contributed by atoms with Crippen molar-refractivity contribution in [2.75, 3.05) is 38.1 Å². The number of nitrogens with one attached hydrogen (secondary N) is 1. The maximum absolute atomic E-state index is 12.9. The number of benzene rings is 3. The van der Waals surface area contributed by atoms with Gasteiger partial charge in [0.2, 0.25) is 10.0 Å². The first-order valence-corrected chi connectivity index (χ1v) is 13.2. The molecule has 1 aliphatic heterocycles. The topological polar surface area (TPSA) is 79.0 Å². The van der Waals surface area contributed by atoms with E-state index in [0.717, 1.165) is 11.1 Å². The van der Waals surface area contributed by atoms with E-state index >= 15 is 0 Å². The van der Waals surface area contributed by atoms with Crippen LogP contribution in [0, 0.1) is 6.92 Å². The van der Waals surface area contributed by atoms with Gasteiger partial charge in [0.25, 0.3) is 5.91 Å². The first-order valence-electron chi connectivity index (χ1n) is 11.8. The highest BCUT2D eigenvalue weighted by atomic mass is 32.2. The Morgan fingerprint density at radius 3 is 2.23 bits per heavy atom. The number of hydrogen-bond donors (Lipinski definition) is 1. The molecule has 7 nitrogen and oxygen atoms in total. The van der Waals surface area contributed by atoms with Crippen LogP contribution in [0.15, 0.2) is 77.7 Å². The molecule has 0 bridgehead atoms. The lowest BCUT2D eigenvalue weighted by atomic mass is 10.1. The van der Waals surface area contributed by atoms with E-state index < -0.39 is 10.0 Å². The van der Waals surface area contributed by atoms with Crippen LogP contribution in [0.5, 0.6) is 5.75 Å². The predicted molar refractivity (Wildman–Crippen MR) is 137 cm³/mol. The number of carbonyl (C=O) groups excluding carboxylic acids is 1. The number of carbonyl (C=O) groups is 1. The molecule has 0 spiro atoms. The third-order valence-corrected chi connectivity index (χ3v) is 7.96. The number of ether oxygens (including phenoxy) is 1. The normalized spacial score (nSPS) is 15.0. The molecule has 0 aliphatic carbocycles. The quantitative estimate of drug-likeness (QED) is 0.510. The molecule has 0 unspecified atom stereocenters. The van der Waals surface area contributed by atoms with Crippen LogP contribution >= 0.6 is 0 Å². The number of rotatable bonds is 8. The number of anilines is 1. The molecule has 3 aromatic rings. The van der Waals surface area contributed by atoms with Crippen molar-refractivity contribution in [3.05, 3.63) is 89.5 Å². The summed E-state index contributed by atoms with van der Waals surface area (Å²) in [6, 6.07) is 21.9. The van der Waals surface area contributed by atoms with Gasteiger partial charge in [-0.2, -0.15) is 4.31 Å². The summed E-state index contributed by atoms with van der Waals surface area (Å²) in [5.74, 6) is 0.446. The molecule has 4 rings (SSSR count). The van der Waals surface area contributed by atoms with E-state index in [-0.39, 0.29) is 5.91 Å². The first-order chi connectivity index (χ1) is 16.9. The number of nitrogens with zero attached hydrogens (tertiary/aromatic N) is 2. The van der Waals surface area contributed by atoms with Gasteiger partial charge in [-0.25, -0.2) is 8.42 Å². The standard InChI is InChI=1S/C27H31N3O4S/c1-3-34-26-7-5-4-6-25(26)28-27(31)23-12-10-22(11-13-23)20-29-16-18-30(19-17-29)35(32,33)24-14-8-21(2)9-15-24/h4-15H,3,16-20H2,1-2H3,(H,28,31). The van der Waals surface area contributed by atoms with Crippen molar-refractivity contribution in [1.82, 2.24) is 9.21 Å². The van der Waals surface area contributed by atoms with Gasteiger partial charge in [0.05, 0.1) is 17.2 Å². The fraction of sp³-hybridized carbons (Fsp3) is 0.296. The van der Waals surface area contributed by atoms with Gasteiger partial charge >= 0.3 is 0 Å². The zero-order valence-corrected chi connectivity index (χ0v) is 20.9. The molecule has 184 valence electrons. The van der Waals surface area contributed by atoms with Crippen LogP contribution in [0.2, 0.25) is 0 Å². The van der Waals surface area contributed by atoms with Crippen molar-refractivity contribution in [3.8, 4) is 5.75 Å². The van der Waals surface area contributed by atoms with E-state index in [1.165, 1.54) is 0 Å². The number of aryl methyl sites for hydroxylation is 1. The average Bonchev–Trinajstić information content (AvgIpc) is 2.86. The molecular formula is C27H31N3O4S. The van der Waals surface area contributed by atoms with Gasteiger partial charge in [0.1, 0.15) is 5.75 Å². The van der Waals surface area contributed by atoms with Crippen molar-refractivity contribution in [2.45, 2.75) is 25.3 Å². The van der Waals surface area contributed by atoms with Crippen molar-refractivity contribution in [1.29, 1.82) is 0 Å². The summed E-state index contributed by atoms with van der Waals surface area (Å²) in [4.78, 5) is 15.3. The number of amides is 1. The van der Waals surface area contributed by atoms with Crippen LogP contribution in [0.3, 0.4) is 0 Å². The summed E-state index contributed by atoms with van der Waals surface area (Å²) in [6.45, 7) is 7.28. The summed E-state index contributed by atoms with van der Waals surface area (Å²) in [6.07, 6.45) is 0. The second-order valence-corrected chi connectivity index (χ2v) is 10.5. The Kier molecular flexibility index (Phi) is 7.85. The van der Waals surface area contributed by atoms with Crippen molar-refractivity contribution in [2.24, 2.45) is 0 Å². The molecule has 1 fully saturated rings. The Bertz CT molecular complexity index is 1250. The van der Waals surface area contributed by atoms with E-state index in [2.05, 4.69) is 10.2 Å². The molecule has 1 N–H and O–H groups in total. The summed E-state index contributed by atoms with van der Waals surface area (Å²) in [5.41, 5.74) is 3.31. The third-order valence-electron chi connectivity index (χ3n) is 6.05. The zero-order chi connectivity index (χ0) is 24.8. The largest absolute Gasteiger partial charge is 0.492 e. The Labute approximate surface area is 207 Å². The summed E-state index contributed by atoms with van der Waals surface area (Å²) >= 11 is 0. The number of para-hydroxylation sites is 2. The second kappa shape index (κ2) is 11.0. The van der Waals surface area contributed by atoms with Gasteiger partial charge in [-0.05, 0) is 55.8 Å². The van der Waals surface area contributed by atoms with Crippen molar-refractivity contribution < 1.29 is 17.9 Å². The minimum absolute atomic E-state index is 0.196. The molecule has 1 amide bonds. The molecule has 1 aliphatic rings. The smallest absolute Gasteiger partial charge is 0.255 e. The number of hydrogen-bond acceptors (Lipinski definition) is 5.